The Kier molecular flexibility index (Phi) is 3.93. The molecule has 1 aromatic rings. The molecule has 7 heteroatoms. The first-order chi connectivity index (χ1) is 9.92. The zero-order valence-corrected chi connectivity index (χ0v) is 11.7. The Balaban J connectivity index is 2.35. The molecule has 0 aromatic heterocycles. The maximum Gasteiger partial charge on any atom is 0.278 e. The van der Waals surface area contributed by atoms with Crippen LogP contribution in [0.4, 0.5) is 0 Å². The highest BCUT2D eigenvalue weighted by molar-refractivity contribution is 6.15. The van der Waals surface area contributed by atoms with E-state index >= 15 is 0 Å². The van der Waals surface area contributed by atoms with E-state index in [1.54, 1.807) is 13.0 Å². The molecule has 110 valence electrons. The van der Waals surface area contributed by atoms with Gasteiger partial charge in [0.25, 0.3) is 5.91 Å². The van der Waals surface area contributed by atoms with Crippen molar-refractivity contribution in [3.8, 4) is 11.5 Å². The third-order valence-corrected chi connectivity index (χ3v) is 2.96. The normalized spacial score (nSPS) is 16.3. The lowest BCUT2D eigenvalue weighted by Crippen LogP contribution is -2.38. The van der Waals surface area contributed by atoms with Crippen LogP contribution in [-0.2, 0) is 9.59 Å². The summed E-state index contributed by atoms with van der Waals surface area (Å²) in [6.07, 6.45) is 1.53. The van der Waals surface area contributed by atoms with Crippen LogP contribution in [-0.4, -0.2) is 41.3 Å². The second-order valence-corrected chi connectivity index (χ2v) is 4.47. The fourth-order valence-corrected chi connectivity index (χ4v) is 1.97. The van der Waals surface area contributed by atoms with Gasteiger partial charge in [0.05, 0.1) is 7.11 Å². The van der Waals surface area contributed by atoms with Gasteiger partial charge >= 0.3 is 0 Å². The van der Waals surface area contributed by atoms with Crippen LogP contribution >= 0.6 is 0 Å². The molecule has 1 aromatic carbocycles. The lowest BCUT2D eigenvalue weighted by molar-refractivity contribution is -0.127. The third-order valence-electron chi connectivity index (χ3n) is 2.96. The van der Waals surface area contributed by atoms with Gasteiger partial charge in [-0.3, -0.25) is 14.5 Å². The maximum absolute atomic E-state index is 12.2. The first kappa shape index (κ1) is 14.6. The van der Waals surface area contributed by atoms with Crippen molar-refractivity contribution in [2.45, 2.75) is 6.92 Å². The van der Waals surface area contributed by atoms with E-state index in [1.807, 2.05) is 0 Å². The number of amides is 2. The monoisotopic (exact) mass is 289 g/mol. The van der Waals surface area contributed by atoms with Crippen molar-refractivity contribution in [1.82, 2.24) is 4.90 Å². The van der Waals surface area contributed by atoms with E-state index in [4.69, 9.17) is 10.5 Å². The van der Waals surface area contributed by atoms with Crippen LogP contribution in [0.2, 0.25) is 0 Å². The van der Waals surface area contributed by atoms with Crippen LogP contribution in [0.25, 0.3) is 6.08 Å². The molecular weight excluding hydrogens is 274 g/mol. The van der Waals surface area contributed by atoms with E-state index in [0.29, 0.717) is 17.1 Å². The minimum absolute atomic E-state index is 0.0572. The molecule has 2 rings (SSSR count). The summed E-state index contributed by atoms with van der Waals surface area (Å²) in [5.74, 6) is -0.135. The molecule has 0 atom stereocenters. The zero-order chi connectivity index (χ0) is 15.6. The summed E-state index contributed by atoms with van der Waals surface area (Å²) in [5.41, 5.74) is 5.87. The van der Waals surface area contributed by atoms with Gasteiger partial charge in [0.15, 0.2) is 0 Å². The second kappa shape index (κ2) is 5.66. The summed E-state index contributed by atoms with van der Waals surface area (Å²) in [7, 11) is 1.46. The molecule has 0 saturated carbocycles. The lowest BCUT2D eigenvalue weighted by atomic mass is 10.1. The Morgan fingerprint density at radius 3 is 2.86 bits per heavy atom. The number of aromatic hydroxyl groups is 1. The molecule has 0 unspecified atom stereocenters. The first-order valence-electron chi connectivity index (χ1n) is 6.16. The van der Waals surface area contributed by atoms with Gasteiger partial charge in [-0.15, -0.1) is 0 Å². The number of aliphatic imine (C=N–C) groups is 1. The summed E-state index contributed by atoms with van der Waals surface area (Å²) in [6.45, 7) is 1.41. The van der Waals surface area contributed by atoms with Gasteiger partial charge in [-0.05, 0) is 25.1 Å². The highest BCUT2D eigenvalue weighted by atomic mass is 16.5. The van der Waals surface area contributed by atoms with E-state index in [0.717, 1.165) is 0 Å². The molecule has 3 N–H and O–H groups in total. The molecule has 0 spiro atoms. The molecule has 0 radical (unpaired) electrons. The number of primary amides is 1. The minimum atomic E-state index is -0.610. The van der Waals surface area contributed by atoms with Crippen molar-refractivity contribution >= 4 is 23.7 Å². The number of phenols is 1. The first-order valence-corrected chi connectivity index (χ1v) is 6.16. The van der Waals surface area contributed by atoms with Crippen molar-refractivity contribution in [3.05, 3.63) is 29.5 Å². The topological polar surface area (TPSA) is 105 Å². The van der Waals surface area contributed by atoms with Crippen LogP contribution < -0.4 is 10.5 Å². The summed E-state index contributed by atoms with van der Waals surface area (Å²) in [5, 5.41) is 9.41. The van der Waals surface area contributed by atoms with Gasteiger partial charge in [0, 0.05) is 11.6 Å². The smallest absolute Gasteiger partial charge is 0.278 e. The van der Waals surface area contributed by atoms with E-state index in [2.05, 4.69) is 4.99 Å². The average molecular weight is 289 g/mol. The van der Waals surface area contributed by atoms with Crippen LogP contribution in [0.15, 0.2) is 28.9 Å². The van der Waals surface area contributed by atoms with Gasteiger partial charge < -0.3 is 15.6 Å². The van der Waals surface area contributed by atoms with Gasteiger partial charge in [-0.1, -0.05) is 0 Å². The Morgan fingerprint density at radius 2 is 2.24 bits per heavy atom. The van der Waals surface area contributed by atoms with E-state index < -0.39 is 11.8 Å². The number of methoxy groups -OCH3 is 1. The Bertz CT molecular complexity index is 664. The Hall–Kier alpha value is -2.83. The number of hydrogen-bond donors (Lipinski definition) is 2. The fourth-order valence-electron chi connectivity index (χ4n) is 1.97. The number of benzene rings is 1. The predicted molar refractivity (Wildman–Crippen MR) is 76.7 cm³/mol. The van der Waals surface area contributed by atoms with Crippen LogP contribution in [0.5, 0.6) is 11.5 Å². The Labute approximate surface area is 121 Å². The van der Waals surface area contributed by atoms with Crippen molar-refractivity contribution in [3.63, 3.8) is 0 Å². The van der Waals surface area contributed by atoms with Crippen molar-refractivity contribution in [1.29, 1.82) is 0 Å². The zero-order valence-electron chi connectivity index (χ0n) is 11.7. The highest BCUT2D eigenvalue weighted by Gasteiger charge is 2.28. The molecule has 0 fully saturated rings. The molecule has 1 aliphatic heterocycles. The van der Waals surface area contributed by atoms with Crippen LogP contribution in [0.3, 0.4) is 0 Å². The molecule has 0 aliphatic carbocycles. The molecular formula is C14H15N3O4. The summed E-state index contributed by atoms with van der Waals surface area (Å²) < 4.78 is 5.14. The van der Waals surface area contributed by atoms with Crippen LogP contribution in [0.1, 0.15) is 12.5 Å². The van der Waals surface area contributed by atoms with Crippen LogP contribution in [0, 0.1) is 0 Å². The van der Waals surface area contributed by atoms with Gasteiger partial charge in [-0.2, -0.15) is 0 Å². The standard InChI is InChI=1S/C14H15N3O4/c1-8-16-11(14(20)17(8)7-13(15)19)5-9-3-4-10(18)6-12(9)21-2/h3-6,18H,7H2,1-2H3,(H2,15,19)/b11-5-. The van der Waals surface area contributed by atoms with Gasteiger partial charge in [0.1, 0.15) is 29.6 Å². The van der Waals surface area contributed by atoms with Crippen molar-refractivity contribution in [2.24, 2.45) is 10.7 Å². The molecule has 7 nitrogen and oxygen atoms in total. The van der Waals surface area contributed by atoms with Crippen molar-refractivity contribution < 1.29 is 19.4 Å². The second-order valence-electron chi connectivity index (χ2n) is 4.47. The maximum atomic E-state index is 12.2. The number of ether oxygens (including phenoxy) is 1. The third kappa shape index (κ3) is 3.02. The average Bonchev–Trinajstić information content (AvgIpc) is 2.68. The van der Waals surface area contributed by atoms with E-state index in [1.165, 1.54) is 30.2 Å². The van der Waals surface area contributed by atoms with Gasteiger partial charge in [-0.25, -0.2) is 4.99 Å². The molecule has 1 aliphatic rings. The molecule has 2 amide bonds. The van der Waals surface area contributed by atoms with E-state index in [9.17, 15) is 14.7 Å². The number of nitrogens with two attached hydrogens (primary N) is 1. The number of hydrogen-bond acceptors (Lipinski definition) is 5. The molecule has 1 heterocycles. The summed E-state index contributed by atoms with van der Waals surface area (Å²) in [4.78, 5) is 28.5. The lowest BCUT2D eigenvalue weighted by Gasteiger charge is -2.12. The number of nitrogens with zero attached hydrogens (tertiary/aromatic N) is 2. The summed E-state index contributed by atoms with van der Waals surface area (Å²) >= 11 is 0. The quantitative estimate of drug-likeness (QED) is 0.787. The Morgan fingerprint density at radius 1 is 1.52 bits per heavy atom. The SMILES string of the molecule is COc1cc(O)ccc1/C=C1\N=C(C)N(CC(N)=O)C1=O. The fraction of sp³-hybridized carbons (Fsp3) is 0.214. The number of phenolic OH excluding ortho intramolecular Hbond substituents is 1. The van der Waals surface area contributed by atoms with Crippen molar-refractivity contribution in [2.75, 3.05) is 13.7 Å². The largest absolute Gasteiger partial charge is 0.508 e. The summed E-state index contributed by atoms with van der Waals surface area (Å²) in [6, 6.07) is 4.52. The molecule has 0 bridgehead atoms. The minimum Gasteiger partial charge on any atom is -0.508 e. The highest BCUT2D eigenvalue weighted by Crippen LogP contribution is 2.27. The van der Waals surface area contributed by atoms with E-state index in [-0.39, 0.29) is 18.0 Å². The predicted octanol–water partition coefficient (Wildman–Crippen LogP) is 0.488. The number of carbonyl (C=O) groups excluding carboxylic acids is 2. The molecule has 21 heavy (non-hydrogen) atoms. The van der Waals surface area contributed by atoms with Gasteiger partial charge in [0.2, 0.25) is 5.91 Å². The number of carbonyl (C=O) groups is 2. The molecule has 0 saturated heterocycles. The number of rotatable bonds is 4. The number of amidine groups is 1.